The first kappa shape index (κ1) is 14.5. The van der Waals surface area contributed by atoms with Crippen molar-refractivity contribution in [2.75, 3.05) is 38.2 Å². The van der Waals surface area contributed by atoms with Crippen LogP contribution in [-0.2, 0) is 10.9 Å². The fourth-order valence-corrected chi connectivity index (χ4v) is 2.42. The zero-order chi connectivity index (χ0) is 13.9. The Labute approximate surface area is 112 Å². The van der Waals surface area contributed by atoms with Gasteiger partial charge < -0.3 is 10.1 Å². The number of alkyl halides is 3. The SMILES string of the molecule is CC1COCCN1CCNc1nc(C(F)(F)F)ns1. The second-order valence-corrected chi connectivity index (χ2v) is 5.06. The van der Waals surface area contributed by atoms with Crippen LogP contribution in [0.5, 0.6) is 0 Å². The minimum absolute atomic E-state index is 0.202. The molecule has 2 heterocycles. The summed E-state index contributed by atoms with van der Waals surface area (Å²) in [6.07, 6.45) is -4.48. The van der Waals surface area contributed by atoms with E-state index in [1.807, 2.05) is 0 Å². The number of anilines is 1. The van der Waals surface area contributed by atoms with Crippen molar-refractivity contribution in [3.05, 3.63) is 5.82 Å². The molecule has 1 aromatic rings. The molecule has 0 aliphatic carbocycles. The zero-order valence-corrected chi connectivity index (χ0v) is 11.2. The van der Waals surface area contributed by atoms with Crippen molar-refractivity contribution >= 4 is 16.7 Å². The van der Waals surface area contributed by atoms with Gasteiger partial charge in [-0.2, -0.15) is 22.5 Å². The highest BCUT2D eigenvalue weighted by molar-refractivity contribution is 7.09. The normalized spacial score (nSPS) is 21.6. The molecule has 9 heteroatoms. The summed E-state index contributed by atoms with van der Waals surface area (Å²) in [6.45, 7) is 5.57. The predicted octanol–water partition coefficient (Wildman–Crippen LogP) is 1.69. The van der Waals surface area contributed by atoms with Gasteiger partial charge in [0.2, 0.25) is 11.0 Å². The molecule has 0 aromatic carbocycles. The first-order valence-electron chi connectivity index (χ1n) is 5.93. The molecule has 0 saturated carbocycles. The van der Waals surface area contributed by atoms with Crippen molar-refractivity contribution in [2.24, 2.45) is 0 Å². The Hall–Kier alpha value is -0.930. The molecule has 5 nitrogen and oxygen atoms in total. The number of aromatic nitrogens is 2. The van der Waals surface area contributed by atoms with Gasteiger partial charge >= 0.3 is 6.18 Å². The second kappa shape index (κ2) is 6.02. The maximum Gasteiger partial charge on any atom is 0.452 e. The maximum absolute atomic E-state index is 12.3. The maximum atomic E-state index is 12.3. The molecule has 1 atom stereocenters. The van der Waals surface area contributed by atoms with Crippen molar-refractivity contribution < 1.29 is 17.9 Å². The van der Waals surface area contributed by atoms with Crippen LogP contribution >= 0.6 is 11.5 Å². The van der Waals surface area contributed by atoms with Gasteiger partial charge in [0.05, 0.1) is 13.2 Å². The number of rotatable bonds is 4. The van der Waals surface area contributed by atoms with Crippen LogP contribution in [0, 0.1) is 0 Å². The van der Waals surface area contributed by atoms with Crippen LogP contribution in [0.25, 0.3) is 0 Å². The molecule has 1 aliphatic rings. The van der Waals surface area contributed by atoms with Gasteiger partial charge in [-0.25, -0.2) is 0 Å². The summed E-state index contributed by atoms with van der Waals surface area (Å²) in [7, 11) is 0. The number of ether oxygens (including phenoxy) is 1. The van der Waals surface area contributed by atoms with Gasteiger partial charge in [-0.05, 0) is 6.92 Å². The first-order valence-corrected chi connectivity index (χ1v) is 6.71. The van der Waals surface area contributed by atoms with Gasteiger partial charge in [0, 0.05) is 37.2 Å². The smallest absolute Gasteiger partial charge is 0.379 e. The van der Waals surface area contributed by atoms with E-state index in [9.17, 15) is 13.2 Å². The van der Waals surface area contributed by atoms with E-state index < -0.39 is 12.0 Å². The summed E-state index contributed by atoms with van der Waals surface area (Å²) in [5, 5.41) is 3.07. The highest BCUT2D eigenvalue weighted by Crippen LogP contribution is 2.28. The molecule has 0 spiro atoms. The van der Waals surface area contributed by atoms with Crippen molar-refractivity contribution in [2.45, 2.75) is 19.1 Å². The quantitative estimate of drug-likeness (QED) is 0.916. The zero-order valence-electron chi connectivity index (χ0n) is 10.4. The third kappa shape index (κ3) is 4.02. The van der Waals surface area contributed by atoms with Gasteiger partial charge in [0.25, 0.3) is 0 Å². The summed E-state index contributed by atoms with van der Waals surface area (Å²) >= 11 is 0.728. The molecular formula is C10H15F3N4OS. The summed E-state index contributed by atoms with van der Waals surface area (Å²) in [5.74, 6) is -1.08. The minimum atomic E-state index is -4.48. The Morgan fingerprint density at radius 1 is 1.53 bits per heavy atom. The number of morpholine rings is 1. The van der Waals surface area contributed by atoms with Crippen molar-refractivity contribution in [3.8, 4) is 0 Å². The third-order valence-electron chi connectivity index (χ3n) is 2.86. The molecule has 1 fully saturated rings. The molecule has 108 valence electrons. The van der Waals surface area contributed by atoms with Crippen LogP contribution in [0.3, 0.4) is 0 Å². The Balaban J connectivity index is 1.78. The molecule has 0 bridgehead atoms. The number of nitrogens with zero attached hydrogens (tertiary/aromatic N) is 3. The Bertz CT molecular complexity index is 412. The van der Waals surface area contributed by atoms with E-state index in [-0.39, 0.29) is 5.13 Å². The van der Waals surface area contributed by atoms with E-state index in [0.717, 1.165) is 24.6 Å². The number of halogens is 3. The average Bonchev–Trinajstić information content (AvgIpc) is 2.80. The van der Waals surface area contributed by atoms with Crippen LogP contribution < -0.4 is 5.32 Å². The highest BCUT2D eigenvalue weighted by atomic mass is 32.1. The second-order valence-electron chi connectivity index (χ2n) is 4.31. The Morgan fingerprint density at radius 2 is 2.32 bits per heavy atom. The van der Waals surface area contributed by atoms with Crippen LogP contribution in [0.2, 0.25) is 0 Å². The van der Waals surface area contributed by atoms with E-state index in [0.29, 0.717) is 25.8 Å². The van der Waals surface area contributed by atoms with Crippen molar-refractivity contribution in [1.82, 2.24) is 14.3 Å². The van der Waals surface area contributed by atoms with Gasteiger partial charge in [-0.3, -0.25) is 4.90 Å². The van der Waals surface area contributed by atoms with E-state index in [2.05, 4.69) is 26.5 Å². The molecule has 0 amide bonds. The average molecular weight is 296 g/mol. The number of nitrogens with one attached hydrogen (secondary N) is 1. The van der Waals surface area contributed by atoms with Gasteiger partial charge in [-0.1, -0.05) is 0 Å². The molecule has 19 heavy (non-hydrogen) atoms. The third-order valence-corrected chi connectivity index (χ3v) is 3.53. The summed E-state index contributed by atoms with van der Waals surface area (Å²) < 4.78 is 45.5. The van der Waals surface area contributed by atoms with Crippen LogP contribution in [-0.4, -0.2) is 53.1 Å². The minimum Gasteiger partial charge on any atom is -0.379 e. The standard InChI is InChI=1S/C10H15F3N4OS/c1-7-6-18-5-4-17(7)3-2-14-9-15-8(16-19-9)10(11,12)13/h7H,2-6H2,1H3,(H,14,15,16). The molecule has 1 N–H and O–H groups in total. The summed E-state index contributed by atoms with van der Waals surface area (Å²) in [5.41, 5.74) is 0. The monoisotopic (exact) mass is 296 g/mol. The fourth-order valence-electron chi connectivity index (χ4n) is 1.81. The Kier molecular flexibility index (Phi) is 4.58. The van der Waals surface area contributed by atoms with E-state index >= 15 is 0 Å². The molecule has 2 rings (SSSR count). The highest BCUT2D eigenvalue weighted by Gasteiger charge is 2.36. The number of hydrogen-bond acceptors (Lipinski definition) is 6. The van der Waals surface area contributed by atoms with Gasteiger partial charge in [0.15, 0.2) is 0 Å². The lowest BCUT2D eigenvalue weighted by Gasteiger charge is -2.33. The largest absolute Gasteiger partial charge is 0.452 e. The van der Waals surface area contributed by atoms with Crippen molar-refractivity contribution in [1.29, 1.82) is 0 Å². The first-order chi connectivity index (χ1) is 8.97. The molecule has 1 aliphatic heterocycles. The number of hydrogen-bond donors (Lipinski definition) is 1. The molecule has 1 aromatic heterocycles. The van der Waals surface area contributed by atoms with Gasteiger partial charge in [0.1, 0.15) is 0 Å². The lowest BCUT2D eigenvalue weighted by Crippen LogP contribution is -2.45. The van der Waals surface area contributed by atoms with Crippen LogP contribution in [0.4, 0.5) is 18.3 Å². The molecular weight excluding hydrogens is 281 g/mol. The van der Waals surface area contributed by atoms with E-state index in [4.69, 9.17) is 4.74 Å². The predicted molar refractivity (Wildman–Crippen MR) is 65.3 cm³/mol. The molecule has 1 saturated heterocycles. The lowest BCUT2D eigenvalue weighted by molar-refractivity contribution is -0.144. The van der Waals surface area contributed by atoms with Crippen LogP contribution in [0.1, 0.15) is 12.7 Å². The Morgan fingerprint density at radius 3 is 2.95 bits per heavy atom. The molecule has 1 unspecified atom stereocenters. The van der Waals surface area contributed by atoms with Crippen LogP contribution in [0.15, 0.2) is 0 Å². The summed E-state index contributed by atoms with van der Waals surface area (Å²) in [6, 6.07) is 0.329. The van der Waals surface area contributed by atoms with Crippen molar-refractivity contribution in [3.63, 3.8) is 0 Å². The summed E-state index contributed by atoms with van der Waals surface area (Å²) in [4.78, 5) is 5.64. The topological polar surface area (TPSA) is 50.3 Å². The van der Waals surface area contributed by atoms with Gasteiger partial charge in [-0.15, -0.1) is 0 Å². The fraction of sp³-hybridized carbons (Fsp3) is 0.800. The lowest BCUT2D eigenvalue weighted by atomic mass is 10.2. The van der Waals surface area contributed by atoms with E-state index in [1.54, 1.807) is 0 Å². The molecule has 0 radical (unpaired) electrons. The van der Waals surface area contributed by atoms with E-state index in [1.165, 1.54) is 0 Å².